The predicted octanol–water partition coefficient (Wildman–Crippen LogP) is -0.552. The summed E-state index contributed by atoms with van der Waals surface area (Å²) in [5.74, 6) is -0.0658. The summed E-state index contributed by atoms with van der Waals surface area (Å²) in [4.78, 5) is 58.5. The number of hydrogen-bond donors (Lipinski definition) is 2. The zero-order chi connectivity index (χ0) is 20.1. The SMILES string of the molecule is COCCN(Cc1nc2ccccc2c(=O)[nH]1)C(=O)Cn1ccc(=O)[nH]c1=O. The average Bonchev–Trinajstić information content (AvgIpc) is 2.67. The normalized spacial score (nSPS) is 10.9. The Labute approximate surface area is 158 Å². The Balaban J connectivity index is 1.85. The highest BCUT2D eigenvalue weighted by molar-refractivity contribution is 5.77. The zero-order valence-electron chi connectivity index (χ0n) is 15.2. The first-order chi connectivity index (χ1) is 13.5. The van der Waals surface area contributed by atoms with E-state index >= 15 is 0 Å². The van der Waals surface area contributed by atoms with Crippen LogP contribution in [-0.2, 0) is 22.6 Å². The van der Waals surface area contributed by atoms with Gasteiger partial charge < -0.3 is 14.6 Å². The van der Waals surface area contributed by atoms with E-state index in [1.54, 1.807) is 24.3 Å². The van der Waals surface area contributed by atoms with Gasteiger partial charge in [-0.2, -0.15) is 0 Å². The van der Waals surface area contributed by atoms with Crippen molar-refractivity contribution in [2.24, 2.45) is 0 Å². The summed E-state index contributed by atoms with van der Waals surface area (Å²) >= 11 is 0. The lowest BCUT2D eigenvalue weighted by Gasteiger charge is -2.22. The minimum Gasteiger partial charge on any atom is -0.383 e. The molecule has 0 spiro atoms. The Bertz CT molecular complexity index is 1160. The number of methoxy groups -OCH3 is 1. The highest BCUT2D eigenvalue weighted by atomic mass is 16.5. The van der Waals surface area contributed by atoms with Crippen molar-refractivity contribution in [1.82, 2.24) is 24.4 Å². The number of aromatic nitrogens is 4. The van der Waals surface area contributed by atoms with E-state index in [1.165, 1.54) is 18.2 Å². The number of para-hydroxylation sites is 1. The highest BCUT2D eigenvalue weighted by Crippen LogP contribution is 2.07. The number of rotatable bonds is 7. The summed E-state index contributed by atoms with van der Waals surface area (Å²) in [5.41, 5.74) is -0.985. The number of hydrogen-bond acceptors (Lipinski definition) is 6. The van der Waals surface area contributed by atoms with Gasteiger partial charge in [0.15, 0.2) is 0 Å². The van der Waals surface area contributed by atoms with Crippen molar-refractivity contribution in [2.45, 2.75) is 13.1 Å². The molecule has 2 N–H and O–H groups in total. The van der Waals surface area contributed by atoms with Gasteiger partial charge in [-0.15, -0.1) is 0 Å². The smallest absolute Gasteiger partial charge is 0.328 e. The molecule has 146 valence electrons. The van der Waals surface area contributed by atoms with Crippen LogP contribution in [-0.4, -0.2) is 50.6 Å². The van der Waals surface area contributed by atoms with Gasteiger partial charge in [-0.05, 0) is 12.1 Å². The summed E-state index contributed by atoms with van der Waals surface area (Å²) in [6.45, 7) is 0.283. The van der Waals surface area contributed by atoms with Gasteiger partial charge >= 0.3 is 5.69 Å². The van der Waals surface area contributed by atoms with Gasteiger partial charge in [0.1, 0.15) is 12.4 Å². The molecule has 0 fully saturated rings. The van der Waals surface area contributed by atoms with Crippen LogP contribution in [0.3, 0.4) is 0 Å². The molecule has 0 aliphatic rings. The maximum Gasteiger partial charge on any atom is 0.328 e. The third kappa shape index (κ3) is 4.41. The minimum absolute atomic E-state index is 0.0420. The molecule has 10 nitrogen and oxygen atoms in total. The number of benzene rings is 1. The molecule has 3 aromatic rings. The first-order valence-electron chi connectivity index (χ1n) is 8.52. The summed E-state index contributed by atoms with van der Waals surface area (Å²) in [7, 11) is 1.51. The van der Waals surface area contributed by atoms with Gasteiger partial charge in [0.2, 0.25) is 5.91 Å². The van der Waals surface area contributed by atoms with Gasteiger partial charge in [0, 0.05) is 25.9 Å². The molecular formula is C18H19N5O5. The van der Waals surface area contributed by atoms with Crippen LogP contribution in [0.1, 0.15) is 5.82 Å². The van der Waals surface area contributed by atoms with Crippen LogP contribution in [0.25, 0.3) is 10.9 Å². The molecule has 2 aromatic heterocycles. The number of nitrogens with one attached hydrogen (secondary N) is 2. The molecule has 10 heteroatoms. The fourth-order valence-corrected chi connectivity index (χ4v) is 2.70. The largest absolute Gasteiger partial charge is 0.383 e. The first-order valence-corrected chi connectivity index (χ1v) is 8.52. The van der Waals surface area contributed by atoms with Crippen LogP contribution >= 0.6 is 0 Å². The summed E-state index contributed by atoms with van der Waals surface area (Å²) in [5, 5.41) is 0.459. The fraction of sp³-hybridized carbons (Fsp3) is 0.278. The van der Waals surface area contributed by atoms with Crippen molar-refractivity contribution in [2.75, 3.05) is 20.3 Å². The second kappa shape index (κ2) is 8.44. The van der Waals surface area contributed by atoms with Crippen LogP contribution in [0.5, 0.6) is 0 Å². The van der Waals surface area contributed by atoms with Gasteiger partial charge in [-0.3, -0.25) is 23.9 Å². The number of carbonyl (C=O) groups excluding carboxylic acids is 1. The van der Waals surface area contributed by atoms with E-state index in [4.69, 9.17) is 4.74 Å². The van der Waals surface area contributed by atoms with Crippen LogP contribution in [0.2, 0.25) is 0 Å². The average molecular weight is 385 g/mol. The molecule has 0 radical (unpaired) electrons. The number of amides is 1. The molecule has 1 aromatic carbocycles. The lowest BCUT2D eigenvalue weighted by Crippen LogP contribution is -2.40. The highest BCUT2D eigenvalue weighted by Gasteiger charge is 2.17. The second-order valence-corrected chi connectivity index (χ2v) is 6.08. The number of H-pyrrole nitrogens is 2. The molecule has 1 amide bonds. The van der Waals surface area contributed by atoms with Crippen molar-refractivity contribution >= 4 is 16.8 Å². The lowest BCUT2D eigenvalue weighted by molar-refractivity contribution is -0.133. The number of ether oxygens (including phenoxy) is 1. The topological polar surface area (TPSA) is 130 Å². The minimum atomic E-state index is -0.676. The molecule has 2 heterocycles. The first kappa shape index (κ1) is 19.2. The monoisotopic (exact) mass is 385 g/mol. The number of nitrogens with zero attached hydrogens (tertiary/aromatic N) is 3. The Morgan fingerprint density at radius 2 is 1.96 bits per heavy atom. The molecule has 3 rings (SSSR count). The molecule has 0 saturated heterocycles. The fourth-order valence-electron chi connectivity index (χ4n) is 2.70. The van der Waals surface area contributed by atoms with Gasteiger partial charge in [-0.1, -0.05) is 12.1 Å². The maximum atomic E-state index is 12.7. The molecule has 28 heavy (non-hydrogen) atoms. The van der Waals surface area contributed by atoms with Crippen molar-refractivity contribution in [1.29, 1.82) is 0 Å². The zero-order valence-corrected chi connectivity index (χ0v) is 15.2. The Hall–Kier alpha value is -3.53. The van der Waals surface area contributed by atoms with E-state index in [2.05, 4.69) is 15.0 Å². The second-order valence-electron chi connectivity index (χ2n) is 6.08. The molecular weight excluding hydrogens is 366 g/mol. The Morgan fingerprint density at radius 1 is 1.18 bits per heavy atom. The van der Waals surface area contributed by atoms with Crippen molar-refractivity contribution in [3.63, 3.8) is 0 Å². The summed E-state index contributed by atoms with van der Waals surface area (Å²) < 4.78 is 6.14. The van der Waals surface area contributed by atoms with E-state index in [1.807, 2.05) is 0 Å². The number of carbonyl (C=O) groups is 1. The number of fused-ring (bicyclic) bond motifs is 1. The summed E-state index contributed by atoms with van der Waals surface area (Å²) in [6, 6.07) is 8.07. The summed E-state index contributed by atoms with van der Waals surface area (Å²) in [6.07, 6.45) is 1.25. The van der Waals surface area contributed by atoms with Gasteiger partial charge in [-0.25, -0.2) is 9.78 Å². The molecule has 0 unspecified atom stereocenters. The molecule has 0 aliphatic carbocycles. The third-order valence-electron chi connectivity index (χ3n) is 4.12. The number of aromatic amines is 2. The van der Waals surface area contributed by atoms with E-state index in [0.29, 0.717) is 16.7 Å². The lowest BCUT2D eigenvalue weighted by atomic mass is 10.2. The Kier molecular flexibility index (Phi) is 5.80. The van der Waals surface area contributed by atoms with E-state index < -0.39 is 11.2 Å². The van der Waals surface area contributed by atoms with Crippen molar-refractivity contribution < 1.29 is 9.53 Å². The molecule has 0 aliphatic heterocycles. The third-order valence-corrected chi connectivity index (χ3v) is 4.12. The van der Waals surface area contributed by atoms with Crippen LogP contribution < -0.4 is 16.8 Å². The van der Waals surface area contributed by atoms with Crippen LogP contribution in [0.4, 0.5) is 0 Å². The maximum absolute atomic E-state index is 12.7. The van der Waals surface area contributed by atoms with E-state index in [9.17, 15) is 19.2 Å². The van der Waals surface area contributed by atoms with E-state index in [-0.39, 0.29) is 37.7 Å². The van der Waals surface area contributed by atoms with Crippen LogP contribution in [0, 0.1) is 0 Å². The van der Waals surface area contributed by atoms with Crippen LogP contribution in [0.15, 0.2) is 50.9 Å². The molecule has 0 atom stereocenters. The van der Waals surface area contributed by atoms with Crippen molar-refractivity contribution in [3.8, 4) is 0 Å². The quantitative estimate of drug-likeness (QED) is 0.561. The van der Waals surface area contributed by atoms with Gasteiger partial charge in [0.25, 0.3) is 11.1 Å². The van der Waals surface area contributed by atoms with Gasteiger partial charge in [0.05, 0.1) is 24.1 Å². The predicted molar refractivity (Wildman–Crippen MR) is 101 cm³/mol. The standard InChI is InChI=1S/C18H19N5O5/c1-28-9-8-22(16(25)11-23-7-6-15(24)21-18(23)27)10-14-19-13-5-3-2-4-12(13)17(26)20-14/h2-7H,8-11H2,1H3,(H,19,20,26)(H,21,24,27). The molecule has 0 bridgehead atoms. The molecule has 0 saturated carbocycles. The Morgan fingerprint density at radius 3 is 2.71 bits per heavy atom. The van der Waals surface area contributed by atoms with Crippen molar-refractivity contribution in [3.05, 3.63) is 73.5 Å². The van der Waals surface area contributed by atoms with E-state index in [0.717, 1.165) is 10.6 Å².